The first-order valence-electron chi connectivity index (χ1n) is 5.89. The van der Waals surface area contributed by atoms with Crippen LogP contribution in [-0.4, -0.2) is 5.78 Å². The third kappa shape index (κ3) is 3.06. The maximum absolute atomic E-state index is 12.1. The molecule has 0 aliphatic carbocycles. The van der Waals surface area contributed by atoms with Gasteiger partial charge in [0.25, 0.3) is 0 Å². The summed E-state index contributed by atoms with van der Waals surface area (Å²) < 4.78 is 0. The molecule has 0 heterocycles. The zero-order valence-electron chi connectivity index (χ0n) is 10.6. The van der Waals surface area contributed by atoms with Gasteiger partial charge >= 0.3 is 0 Å². The molecule has 0 spiro atoms. The van der Waals surface area contributed by atoms with Gasteiger partial charge in [-0.1, -0.05) is 37.1 Å². The van der Waals surface area contributed by atoms with E-state index in [2.05, 4.69) is 13.8 Å². The van der Waals surface area contributed by atoms with Gasteiger partial charge in [-0.2, -0.15) is 0 Å². The second-order valence-electron chi connectivity index (χ2n) is 4.19. The van der Waals surface area contributed by atoms with E-state index in [1.165, 1.54) is 5.57 Å². The van der Waals surface area contributed by atoms with Crippen molar-refractivity contribution in [3.8, 4) is 0 Å². The summed E-state index contributed by atoms with van der Waals surface area (Å²) in [5.41, 5.74) is 4.24. The summed E-state index contributed by atoms with van der Waals surface area (Å²) in [5.74, 6) is 0.139. The molecule has 0 bridgehead atoms. The number of ketones is 1. The van der Waals surface area contributed by atoms with Crippen molar-refractivity contribution < 1.29 is 4.79 Å². The molecular weight excluding hydrogens is 196 g/mol. The van der Waals surface area contributed by atoms with Gasteiger partial charge in [0, 0.05) is 5.56 Å². The van der Waals surface area contributed by atoms with Crippen LogP contribution in [-0.2, 0) is 0 Å². The Bertz CT molecular complexity index is 407. The molecule has 16 heavy (non-hydrogen) atoms. The first-order chi connectivity index (χ1) is 7.58. The molecule has 0 fully saturated rings. The van der Waals surface area contributed by atoms with Gasteiger partial charge in [-0.15, -0.1) is 0 Å². The van der Waals surface area contributed by atoms with Crippen molar-refractivity contribution in [3.63, 3.8) is 0 Å². The summed E-state index contributed by atoms with van der Waals surface area (Å²) in [6.07, 6.45) is 3.70. The van der Waals surface area contributed by atoms with Crippen LogP contribution in [0.25, 0.3) is 0 Å². The summed E-state index contributed by atoms with van der Waals surface area (Å²) in [5, 5.41) is 0. The van der Waals surface area contributed by atoms with E-state index < -0.39 is 0 Å². The van der Waals surface area contributed by atoms with Crippen molar-refractivity contribution in [2.24, 2.45) is 0 Å². The molecule has 0 amide bonds. The smallest absolute Gasteiger partial charge is 0.186 e. The van der Waals surface area contributed by atoms with Crippen LogP contribution in [0.15, 0.2) is 29.8 Å². The summed E-state index contributed by atoms with van der Waals surface area (Å²) in [6.45, 7) is 8.18. The second-order valence-corrected chi connectivity index (χ2v) is 4.19. The summed E-state index contributed by atoms with van der Waals surface area (Å²) >= 11 is 0. The zero-order chi connectivity index (χ0) is 12.1. The Kier molecular flexibility index (Phi) is 4.48. The largest absolute Gasteiger partial charge is 0.289 e. The molecule has 0 radical (unpaired) electrons. The van der Waals surface area contributed by atoms with E-state index in [0.29, 0.717) is 0 Å². The molecule has 1 nitrogen and oxygen atoms in total. The van der Waals surface area contributed by atoms with Gasteiger partial charge in [0.2, 0.25) is 0 Å². The van der Waals surface area contributed by atoms with Crippen LogP contribution in [0.2, 0.25) is 0 Å². The Morgan fingerprint density at radius 1 is 1.19 bits per heavy atom. The Morgan fingerprint density at radius 2 is 1.81 bits per heavy atom. The van der Waals surface area contributed by atoms with E-state index in [-0.39, 0.29) is 5.78 Å². The van der Waals surface area contributed by atoms with Gasteiger partial charge in [0.15, 0.2) is 5.78 Å². The summed E-state index contributed by atoms with van der Waals surface area (Å²) in [4.78, 5) is 12.1. The van der Waals surface area contributed by atoms with Crippen molar-refractivity contribution >= 4 is 5.78 Å². The highest BCUT2D eigenvalue weighted by Crippen LogP contribution is 2.14. The van der Waals surface area contributed by atoms with Crippen LogP contribution in [0.4, 0.5) is 0 Å². The maximum Gasteiger partial charge on any atom is 0.186 e. The topological polar surface area (TPSA) is 17.1 Å². The average molecular weight is 216 g/mol. The fourth-order valence-electron chi connectivity index (χ4n) is 1.72. The molecular formula is C15H20O. The average Bonchev–Trinajstić information content (AvgIpc) is 2.28. The van der Waals surface area contributed by atoms with Crippen molar-refractivity contribution in [1.29, 1.82) is 0 Å². The first-order valence-corrected chi connectivity index (χ1v) is 5.89. The van der Waals surface area contributed by atoms with E-state index in [1.54, 1.807) is 6.08 Å². The molecule has 0 aliphatic rings. The fourth-order valence-corrected chi connectivity index (χ4v) is 1.72. The molecule has 0 atom stereocenters. The molecule has 1 aromatic carbocycles. The number of benzene rings is 1. The molecule has 0 saturated heterocycles. The van der Waals surface area contributed by atoms with Crippen LogP contribution in [0.3, 0.4) is 0 Å². The lowest BCUT2D eigenvalue weighted by atomic mass is 9.99. The Labute approximate surface area is 98.2 Å². The van der Waals surface area contributed by atoms with Crippen LogP contribution in [0, 0.1) is 13.8 Å². The minimum absolute atomic E-state index is 0.139. The third-order valence-electron chi connectivity index (χ3n) is 2.90. The standard InChI is InChI=1S/C15H20O/c1-5-13(6-2)10-15(16)14-9-11(3)7-8-12(14)4/h7-10H,5-6H2,1-4H3. The Balaban J connectivity index is 3.05. The number of hydrogen-bond donors (Lipinski definition) is 0. The van der Waals surface area contributed by atoms with Crippen LogP contribution >= 0.6 is 0 Å². The van der Waals surface area contributed by atoms with Crippen LogP contribution in [0.1, 0.15) is 48.2 Å². The fraction of sp³-hybridized carbons (Fsp3) is 0.400. The Morgan fingerprint density at radius 3 is 2.38 bits per heavy atom. The maximum atomic E-state index is 12.1. The predicted molar refractivity (Wildman–Crippen MR) is 68.9 cm³/mol. The lowest BCUT2D eigenvalue weighted by Gasteiger charge is -2.05. The van der Waals surface area contributed by atoms with Crippen LogP contribution < -0.4 is 0 Å². The monoisotopic (exact) mass is 216 g/mol. The zero-order valence-corrected chi connectivity index (χ0v) is 10.6. The van der Waals surface area contributed by atoms with Crippen molar-refractivity contribution in [2.75, 3.05) is 0 Å². The molecule has 0 unspecified atom stereocenters. The van der Waals surface area contributed by atoms with Gasteiger partial charge in [-0.25, -0.2) is 0 Å². The normalized spacial score (nSPS) is 10.0. The first kappa shape index (κ1) is 12.7. The molecule has 1 aromatic rings. The van der Waals surface area contributed by atoms with Gasteiger partial charge in [-0.3, -0.25) is 4.79 Å². The van der Waals surface area contributed by atoms with Crippen molar-refractivity contribution in [2.45, 2.75) is 40.5 Å². The highest BCUT2D eigenvalue weighted by molar-refractivity contribution is 6.06. The van der Waals surface area contributed by atoms with Crippen molar-refractivity contribution in [1.82, 2.24) is 0 Å². The lowest BCUT2D eigenvalue weighted by molar-refractivity contribution is 0.104. The highest BCUT2D eigenvalue weighted by Gasteiger charge is 2.07. The number of hydrogen-bond acceptors (Lipinski definition) is 1. The van der Waals surface area contributed by atoms with Gasteiger partial charge in [0.05, 0.1) is 0 Å². The van der Waals surface area contributed by atoms with Crippen molar-refractivity contribution in [3.05, 3.63) is 46.5 Å². The molecule has 0 aromatic heterocycles. The predicted octanol–water partition coefficient (Wildman–Crippen LogP) is 4.23. The lowest BCUT2D eigenvalue weighted by Crippen LogP contribution is -2.00. The van der Waals surface area contributed by atoms with E-state index in [1.807, 2.05) is 32.0 Å². The summed E-state index contributed by atoms with van der Waals surface area (Å²) in [7, 11) is 0. The quantitative estimate of drug-likeness (QED) is 0.543. The molecule has 1 heteroatoms. The van der Waals surface area contributed by atoms with E-state index in [0.717, 1.165) is 29.5 Å². The summed E-state index contributed by atoms with van der Waals surface area (Å²) in [6, 6.07) is 6.02. The number of rotatable bonds is 4. The minimum atomic E-state index is 0.139. The molecule has 86 valence electrons. The van der Waals surface area contributed by atoms with E-state index in [9.17, 15) is 4.79 Å². The van der Waals surface area contributed by atoms with Gasteiger partial charge in [0.1, 0.15) is 0 Å². The van der Waals surface area contributed by atoms with E-state index in [4.69, 9.17) is 0 Å². The molecule has 0 saturated carbocycles. The number of carbonyl (C=O) groups is 1. The van der Waals surface area contributed by atoms with E-state index >= 15 is 0 Å². The SMILES string of the molecule is CCC(=CC(=O)c1cc(C)ccc1C)CC. The minimum Gasteiger partial charge on any atom is -0.289 e. The number of carbonyl (C=O) groups excluding carboxylic acids is 1. The number of allylic oxidation sites excluding steroid dienone is 2. The highest BCUT2D eigenvalue weighted by atomic mass is 16.1. The molecule has 0 N–H and O–H groups in total. The van der Waals surface area contributed by atoms with Gasteiger partial charge in [-0.05, 0) is 44.4 Å². The Hall–Kier alpha value is -1.37. The number of aryl methyl sites for hydroxylation is 2. The molecule has 0 aliphatic heterocycles. The van der Waals surface area contributed by atoms with Gasteiger partial charge < -0.3 is 0 Å². The van der Waals surface area contributed by atoms with Crippen LogP contribution in [0.5, 0.6) is 0 Å². The second kappa shape index (κ2) is 5.64. The third-order valence-corrected chi connectivity index (χ3v) is 2.90. The molecule has 1 rings (SSSR count).